The fourth-order valence-corrected chi connectivity index (χ4v) is 3.30. The predicted molar refractivity (Wildman–Crippen MR) is 71.7 cm³/mol. The fraction of sp³-hybridized carbons (Fsp3) is 0.929. The van der Waals surface area contributed by atoms with Gasteiger partial charge in [-0.1, -0.05) is 0 Å². The average Bonchev–Trinajstić information content (AvgIpc) is 2.67. The molecule has 2 heterocycles. The first-order valence-corrected chi connectivity index (χ1v) is 7.29. The van der Waals surface area contributed by atoms with Crippen LogP contribution in [0.5, 0.6) is 0 Å². The zero-order valence-electron chi connectivity index (χ0n) is 11.6. The average molecular weight is 254 g/mol. The maximum Gasteiger partial charge on any atom is 0.307 e. The zero-order chi connectivity index (χ0) is 13.1. The third-order valence-electron chi connectivity index (χ3n) is 4.55. The molecule has 4 heteroatoms. The van der Waals surface area contributed by atoms with E-state index in [0.717, 1.165) is 26.1 Å². The van der Waals surface area contributed by atoms with Crippen molar-refractivity contribution in [2.75, 3.05) is 26.2 Å². The molecule has 0 saturated carbocycles. The zero-order valence-corrected chi connectivity index (χ0v) is 11.6. The largest absolute Gasteiger partial charge is 0.481 e. The molecule has 0 aromatic heterocycles. The van der Waals surface area contributed by atoms with Gasteiger partial charge in [-0.15, -0.1) is 0 Å². The van der Waals surface area contributed by atoms with Gasteiger partial charge in [-0.2, -0.15) is 0 Å². The van der Waals surface area contributed by atoms with Crippen molar-refractivity contribution in [2.45, 2.75) is 51.6 Å². The van der Waals surface area contributed by atoms with E-state index in [1.165, 1.54) is 25.8 Å². The molecular weight excluding hydrogens is 228 g/mol. The number of carboxylic acid groups (broad SMARTS) is 1. The van der Waals surface area contributed by atoms with Crippen LogP contribution in [0.4, 0.5) is 0 Å². The van der Waals surface area contributed by atoms with Crippen LogP contribution in [-0.4, -0.2) is 59.1 Å². The van der Waals surface area contributed by atoms with Crippen molar-refractivity contribution >= 4 is 5.97 Å². The Bertz CT molecular complexity index is 294. The lowest BCUT2D eigenvalue weighted by Crippen LogP contribution is -2.36. The van der Waals surface area contributed by atoms with Crippen LogP contribution in [0, 0.1) is 5.92 Å². The molecule has 0 aliphatic carbocycles. The molecule has 104 valence electrons. The van der Waals surface area contributed by atoms with Gasteiger partial charge >= 0.3 is 5.97 Å². The highest BCUT2D eigenvalue weighted by Crippen LogP contribution is 2.25. The molecule has 0 spiro atoms. The molecule has 2 aliphatic rings. The minimum Gasteiger partial charge on any atom is -0.481 e. The first-order chi connectivity index (χ1) is 8.58. The second kappa shape index (κ2) is 6.02. The monoisotopic (exact) mass is 254 g/mol. The molecule has 2 saturated heterocycles. The van der Waals surface area contributed by atoms with Crippen molar-refractivity contribution < 1.29 is 9.90 Å². The quantitative estimate of drug-likeness (QED) is 0.832. The van der Waals surface area contributed by atoms with Crippen LogP contribution in [0.2, 0.25) is 0 Å². The Morgan fingerprint density at radius 1 is 1.17 bits per heavy atom. The second-order valence-electron chi connectivity index (χ2n) is 6.03. The molecule has 2 aliphatic heterocycles. The summed E-state index contributed by atoms with van der Waals surface area (Å²) < 4.78 is 0. The number of hydrogen-bond acceptors (Lipinski definition) is 3. The van der Waals surface area contributed by atoms with E-state index < -0.39 is 5.97 Å². The molecule has 0 aromatic rings. The van der Waals surface area contributed by atoms with Crippen molar-refractivity contribution in [1.29, 1.82) is 0 Å². The number of carboxylic acids is 1. The topological polar surface area (TPSA) is 43.8 Å². The Labute approximate surface area is 110 Å². The van der Waals surface area contributed by atoms with Gasteiger partial charge in [0.25, 0.3) is 0 Å². The summed E-state index contributed by atoms with van der Waals surface area (Å²) in [6.07, 6.45) is 4.51. The Hall–Kier alpha value is -0.610. The van der Waals surface area contributed by atoms with Gasteiger partial charge < -0.3 is 10.0 Å². The summed E-state index contributed by atoms with van der Waals surface area (Å²) in [4.78, 5) is 16.0. The second-order valence-corrected chi connectivity index (χ2v) is 6.03. The molecule has 4 nitrogen and oxygen atoms in total. The number of rotatable bonds is 3. The number of nitrogens with zero attached hydrogens (tertiary/aromatic N) is 2. The lowest BCUT2D eigenvalue weighted by Gasteiger charge is -2.27. The molecule has 2 atom stereocenters. The molecule has 0 amide bonds. The van der Waals surface area contributed by atoms with Crippen LogP contribution in [0.1, 0.15) is 39.5 Å². The van der Waals surface area contributed by atoms with E-state index in [9.17, 15) is 4.79 Å². The maximum atomic E-state index is 11.0. The summed E-state index contributed by atoms with van der Waals surface area (Å²) in [6, 6.07) is 1.24. The van der Waals surface area contributed by atoms with E-state index in [0.29, 0.717) is 12.1 Å². The number of aliphatic carboxylic acids is 1. The van der Waals surface area contributed by atoms with Gasteiger partial charge in [-0.3, -0.25) is 9.69 Å². The Morgan fingerprint density at radius 3 is 2.56 bits per heavy atom. The summed E-state index contributed by atoms with van der Waals surface area (Å²) in [5.74, 6) is -0.746. The van der Waals surface area contributed by atoms with Crippen LogP contribution in [0.25, 0.3) is 0 Å². The highest BCUT2D eigenvalue weighted by atomic mass is 16.4. The molecule has 0 radical (unpaired) electrons. The summed E-state index contributed by atoms with van der Waals surface area (Å²) >= 11 is 0. The standard InChI is InChI=1S/C14H26N2O2/c1-11(2)15-7-3-4-13(6-9-15)16-8-5-12(10-16)14(17)18/h11-13H,3-10H2,1-2H3,(H,17,18). The lowest BCUT2D eigenvalue weighted by molar-refractivity contribution is -0.141. The third kappa shape index (κ3) is 3.23. The van der Waals surface area contributed by atoms with Gasteiger partial charge in [0.2, 0.25) is 0 Å². The molecular formula is C14H26N2O2. The van der Waals surface area contributed by atoms with Gasteiger partial charge in [0, 0.05) is 18.6 Å². The van der Waals surface area contributed by atoms with Crippen molar-refractivity contribution in [3.8, 4) is 0 Å². The summed E-state index contributed by atoms with van der Waals surface area (Å²) in [5.41, 5.74) is 0. The van der Waals surface area contributed by atoms with E-state index in [1.807, 2.05) is 0 Å². The number of carbonyl (C=O) groups is 1. The molecule has 0 aromatic carbocycles. The van der Waals surface area contributed by atoms with Gasteiger partial charge in [-0.05, 0) is 59.2 Å². The van der Waals surface area contributed by atoms with E-state index in [4.69, 9.17) is 5.11 Å². The van der Waals surface area contributed by atoms with Gasteiger partial charge in [-0.25, -0.2) is 0 Å². The van der Waals surface area contributed by atoms with E-state index in [2.05, 4.69) is 23.6 Å². The third-order valence-corrected chi connectivity index (χ3v) is 4.55. The minimum absolute atomic E-state index is 0.130. The Morgan fingerprint density at radius 2 is 1.94 bits per heavy atom. The van der Waals surface area contributed by atoms with Crippen molar-refractivity contribution in [2.24, 2.45) is 5.92 Å². The van der Waals surface area contributed by atoms with E-state index in [-0.39, 0.29) is 5.92 Å². The smallest absolute Gasteiger partial charge is 0.307 e. The van der Waals surface area contributed by atoms with Crippen LogP contribution < -0.4 is 0 Å². The van der Waals surface area contributed by atoms with Gasteiger partial charge in [0.05, 0.1) is 5.92 Å². The van der Waals surface area contributed by atoms with Crippen LogP contribution in [0.15, 0.2) is 0 Å². The van der Waals surface area contributed by atoms with Gasteiger partial charge in [0.1, 0.15) is 0 Å². The van der Waals surface area contributed by atoms with Crippen molar-refractivity contribution in [1.82, 2.24) is 9.80 Å². The SMILES string of the molecule is CC(C)N1CCCC(N2CCC(C(=O)O)C2)CC1. The highest BCUT2D eigenvalue weighted by Gasteiger charge is 2.32. The first-order valence-electron chi connectivity index (χ1n) is 7.29. The van der Waals surface area contributed by atoms with E-state index in [1.54, 1.807) is 0 Å². The fourth-order valence-electron chi connectivity index (χ4n) is 3.30. The Kier molecular flexibility index (Phi) is 4.62. The summed E-state index contributed by atoms with van der Waals surface area (Å²) in [5, 5.41) is 9.06. The molecule has 1 N–H and O–H groups in total. The van der Waals surface area contributed by atoms with E-state index >= 15 is 0 Å². The minimum atomic E-state index is -0.616. The maximum absolute atomic E-state index is 11.0. The molecule has 18 heavy (non-hydrogen) atoms. The molecule has 2 fully saturated rings. The van der Waals surface area contributed by atoms with Crippen LogP contribution in [0.3, 0.4) is 0 Å². The van der Waals surface area contributed by atoms with Crippen LogP contribution in [-0.2, 0) is 4.79 Å². The van der Waals surface area contributed by atoms with Crippen molar-refractivity contribution in [3.05, 3.63) is 0 Å². The highest BCUT2D eigenvalue weighted by molar-refractivity contribution is 5.70. The number of likely N-dealkylation sites (tertiary alicyclic amines) is 2. The summed E-state index contributed by atoms with van der Waals surface area (Å²) in [6.45, 7) is 8.62. The molecule has 0 bridgehead atoms. The number of hydrogen-bond donors (Lipinski definition) is 1. The molecule has 2 unspecified atom stereocenters. The predicted octanol–water partition coefficient (Wildman–Crippen LogP) is 1.66. The van der Waals surface area contributed by atoms with Crippen LogP contribution >= 0.6 is 0 Å². The Balaban J connectivity index is 1.85. The van der Waals surface area contributed by atoms with Crippen molar-refractivity contribution in [3.63, 3.8) is 0 Å². The normalized spacial score (nSPS) is 31.7. The van der Waals surface area contributed by atoms with Gasteiger partial charge in [0.15, 0.2) is 0 Å². The lowest BCUT2D eigenvalue weighted by atomic mass is 10.1. The first kappa shape index (κ1) is 13.8. The molecule has 2 rings (SSSR count). The summed E-state index contributed by atoms with van der Waals surface area (Å²) in [7, 11) is 0.